The maximum Gasteiger partial charge on any atom is 0.119 e. The molecule has 1 aliphatic heterocycles. The molecule has 1 aromatic rings. The highest BCUT2D eigenvalue weighted by atomic mass is 16.5. The molecule has 0 aromatic heterocycles. The van der Waals surface area contributed by atoms with E-state index in [1.54, 1.807) is 0 Å². The normalized spacial score (nSPS) is 20.6. The molecule has 0 saturated carbocycles. The van der Waals surface area contributed by atoms with Crippen LogP contribution in [0.5, 0.6) is 5.75 Å². The number of para-hydroxylation sites is 1. The van der Waals surface area contributed by atoms with E-state index in [-0.39, 0.29) is 6.61 Å². The fourth-order valence-corrected chi connectivity index (χ4v) is 2.36. The number of benzene rings is 1. The monoisotopic (exact) mass is 235 g/mol. The first-order valence-electron chi connectivity index (χ1n) is 6.43. The Labute approximate surface area is 103 Å². The third-order valence-corrected chi connectivity index (χ3v) is 3.29. The minimum Gasteiger partial charge on any atom is -0.492 e. The van der Waals surface area contributed by atoms with Gasteiger partial charge < -0.3 is 9.84 Å². The Bertz CT molecular complexity index is 315. The predicted octanol–water partition coefficient (Wildman–Crippen LogP) is 1.91. The van der Waals surface area contributed by atoms with Crippen LogP contribution in [0.15, 0.2) is 30.3 Å². The Kier molecular flexibility index (Phi) is 4.83. The van der Waals surface area contributed by atoms with Crippen LogP contribution in [0.1, 0.15) is 19.3 Å². The van der Waals surface area contributed by atoms with Gasteiger partial charge in [0.2, 0.25) is 0 Å². The van der Waals surface area contributed by atoms with Gasteiger partial charge in [-0.1, -0.05) is 18.2 Å². The van der Waals surface area contributed by atoms with Gasteiger partial charge in [-0.05, 0) is 37.9 Å². The van der Waals surface area contributed by atoms with Gasteiger partial charge in [-0.15, -0.1) is 0 Å². The minimum absolute atomic E-state index is 0.281. The van der Waals surface area contributed by atoms with Gasteiger partial charge in [0.25, 0.3) is 0 Å². The highest BCUT2D eigenvalue weighted by Gasteiger charge is 2.24. The lowest BCUT2D eigenvalue weighted by Crippen LogP contribution is -2.35. The molecule has 2 rings (SSSR count). The van der Waals surface area contributed by atoms with Crippen molar-refractivity contribution in [2.75, 3.05) is 26.3 Å². The van der Waals surface area contributed by atoms with E-state index >= 15 is 0 Å². The van der Waals surface area contributed by atoms with Gasteiger partial charge in [-0.2, -0.15) is 0 Å². The number of hydrogen-bond donors (Lipinski definition) is 1. The molecule has 1 N–H and O–H groups in total. The summed E-state index contributed by atoms with van der Waals surface area (Å²) in [5.41, 5.74) is 0. The Hall–Kier alpha value is -1.06. The second-order valence-electron chi connectivity index (χ2n) is 4.53. The third-order valence-electron chi connectivity index (χ3n) is 3.29. The van der Waals surface area contributed by atoms with E-state index in [2.05, 4.69) is 4.90 Å². The van der Waals surface area contributed by atoms with Crippen LogP contribution in [0, 0.1) is 0 Å². The minimum atomic E-state index is 0.281. The average molecular weight is 235 g/mol. The van der Waals surface area contributed by atoms with Crippen molar-refractivity contribution in [1.29, 1.82) is 0 Å². The van der Waals surface area contributed by atoms with E-state index in [0.29, 0.717) is 6.04 Å². The molecule has 0 amide bonds. The van der Waals surface area contributed by atoms with E-state index in [4.69, 9.17) is 9.84 Å². The molecule has 0 radical (unpaired) electrons. The first-order valence-corrected chi connectivity index (χ1v) is 6.43. The van der Waals surface area contributed by atoms with Gasteiger partial charge in [0, 0.05) is 19.2 Å². The maximum atomic E-state index is 8.86. The van der Waals surface area contributed by atoms with E-state index in [0.717, 1.165) is 31.9 Å². The molecule has 0 spiro atoms. The Balaban J connectivity index is 1.78. The lowest BCUT2D eigenvalue weighted by molar-refractivity contribution is 0.160. The van der Waals surface area contributed by atoms with Crippen LogP contribution in [0.2, 0.25) is 0 Å². The smallest absolute Gasteiger partial charge is 0.119 e. The molecule has 94 valence electrons. The molecule has 1 aromatic carbocycles. The fourth-order valence-electron chi connectivity index (χ4n) is 2.36. The lowest BCUT2D eigenvalue weighted by atomic mass is 10.2. The van der Waals surface area contributed by atoms with Crippen molar-refractivity contribution in [3.8, 4) is 5.75 Å². The number of aliphatic hydroxyl groups is 1. The molecule has 1 saturated heterocycles. The summed E-state index contributed by atoms with van der Waals surface area (Å²) in [6.45, 7) is 3.17. The second kappa shape index (κ2) is 6.62. The zero-order valence-corrected chi connectivity index (χ0v) is 10.2. The standard InChI is InChI=1S/C14H21NO2/c16-11-5-10-15-9-4-6-13(15)12-17-14-7-2-1-3-8-14/h1-3,7-8,13,16H,4-6,9-12H2/t13-/m0/s1. The molecular weight excluding hydrogens is 214 g/mol. The molecule has 3 heteroatoms. The van der Waals surface area contributed by atoms with E-state index in [1.165, 1.54) is 12.8 Å². The number of ether oxygens (including phenoxy) is 1. The number of likely N-dealkylation sites (tertiary alicyclic amines) is 1. The molecule has 0 unspecified atom stereocenters. The average Bonchev–Trinajstić information content (AvgIpc) is 2.82. The highest BCUT2D eigenvalue weighted by molar-refractivity contribution is 5.20. The lowest BCUT2D eigenvalue weighted by Gasteiger charge is -2.24. The van der Waals surface area contributed by atoms with E-state index in [1.807, 2.05) is 30.3 Å². The molecular formula is C14H21NO2. The maximum absolute atomic E-state index is 8.86. The van der Waals surface area contributed by atoms with Crippen molar-refractivity contribution >= 4 is 0 Å². The Morgan fingerprint density at radius 3 is 2.88 bits per heavy atom. The first kappa shape index (κ1) is 12.4. The SMILES string of the molecule is OCCCN1CCC[C@H]1COc1ccccc1. The summed E-state index contributed by atoms with van der Waals surface area (Å²) in [6, 6.07) is 10.5. The van der Waals surface area contributed by atoms with Gasteiger partial charge in [-0.25, -0.2) is 0 Å². The second-order valence-corrected chi connectivity index (χ2v) is 4.53. The first-order chi connectivity index (χ1) is 8.40. The highest BCUT2D eigenvalue weighted by Crippen LogP contribution is 2.19. The van der Waals surface area contributed by atoms with Gasteiger partial charge in [-0.3, -0.25) is 4.90 Å². The summed E-state index contributed by atoms with van der Waals surface area (Å²) in [4.78, 5) is 2.43. The molecule has 3 nitrogen and oxygen atoms in total. The van der Waals surface area contributed by atoms with Crippen molar-refractivity contribution in [3.63, 3.8) is 0 Å². The summed E-state index contributed by atoms with van der Waals surface area (Å²) in [5.74, 6) is 0.946. The topological polar surface area (TPSA) is 32.7 Å². The van der Waals surface area contributed by atoms with Crippen LogP contribution < -0.4 is 4.74 Å². The van der Waals surface area contributed by atoms with Crippen LogP contribution in [0.25, 0.3) is 0 Å². The van der Waals surface area contributed by atoms with Crippen LogP contribution in [0.3, 0.4) is 0 Å². The quantitative estimate of drug-likeness (QED) is 0.817. The number of aliphatic hydroxyl groups excluding tert-OH is 1. The largest absolute Gasteiger partial charge is 0.492 e. The molecule has 1 heterocycles. The zero-order chi connectivity index (χ0) is 11.9. The van der Waals surface area contributed by atoms with Crippen molar-refractivity contribution in [2.24, 2.45) is 0 Å². The van der Waals surface area contributed by atoms with Crippen molar-refractivity contribution in [2.45, 2.75) is 25.3 Å². The van der Waals surface area contributed by atoms with Gasteiger partial charge in [0.1, 0.15) is 12.4 Å². The van der Waals surface area contributed by atoms with Gasteiger partial charge in [0.15, 0.2) is 0 Å². The third kappa shape index (κ3) is 3.72. The fraction of sp³-hybridized carbons (Fsp3) is 0.571. The van der Waals surface area contributed by atoms with Crippen molar-refractivity contribution < 1.29 is 9.84 Å². The van der Waals surface area contributed by atoms with Crippen molar-refractivity contribution in [3.05, 3.63) is 30.3 Å². The predicted molar refractivity (Wildman–Crippen MR) is 68.2 cm³/mol. The van der Waals surface area contributed by atoms with Crippen LogP contribution >= 0.6 is 0 Å². The molecule has 1 fully saturated rings. The summed E-state index contributed by atoms with van der Waals surface area (Å²) >= 11 is 0. The van der Waals surface area contributed by atoms with E-state index < -0.39 is 0 Å². The van der Waals surface area contributed by atoms with Crippen LogP contribution in [-0.2, 0) is 0 Å². The summed E-state index contributed by atoms with van der Waals surface area (Å²) < 4.78 is 5.80. The van der Waals surface area contributed by atoms with Gasteiger partial charge in [0.05, 0.1) is 0 Å². The van der Waals surface area contributed by atoms with Crippen molar-refractivity contribution in [1.82, 2.24) is 4.90 Å². The zero-order valence-electron chi connectivity index (χ0n) is 10.2. The summed E-state index contributed by atoms with van der Waals surface area (Å²) in [5, 5.41) is 8.86. The van der Waals surface area contributed by atoms with Crippen LogP contribution in [-0.4, -0.2) is 42.4 Å². The molecule has 1 atom stereocenters. The number of hydrogen-bond acceptors (Lipinski definition) is 3. The molecule has 0 aliphatic carbocycles. The van der Waals surface area contributed by atoms with Crippen LogP contribution in [0.4, 0.5) is 0 Å². The molecule has 1 aliphatic rings. The molecule has 0 bridgehead atoms. The number of rotatable bonds is 6. The van der Waals surface area contributed by atoms with Gasteiger partial charge >= 0.3 is 0 Å². The number of nitrogens with zero attached hydrogens (tertiary/aromatic N) is 1. The summed E-state index contributed by atoms with van der Waals surface area (Å²) in [6.07, 6.45) is 3.31. The van der Waals surface area contributed by atoms with E-state index in [9.17, 15) is 0 Å². The molecule has 17 heavy (non-hydrogen) atoms. The summed E-state index contributed by atoms with van der Waals surface area (Å²) in [7, 11) is 0. The Morgan fingerprint density at radius 1 is 1.29 bits per heavy atom. The Morgan fingerprint density at radius 2 is 2.12 bits per heavy atom.